The summed E-state index contributed by atoms with van der Waals surface area (Å²) in [6, 6.07) is 2.18. The van der Waals surface area contributed by atoms with Gasteiger partial charge in [-0.15, -0.1) is 0 Å². The summed E-state index contributed by atoms with van der Waals surface area (Å²) in [6.07, 6.45) is 6.37. The lowest BCUT2D eigenvalue weighted by molar-refractivity contribution is 0.305. The molecular formula is C15H27N3O. The van der Waals surface area contributed by atoms with Gasteiger partial charge in [0, 0.05) is 18.3 Å². The molecule has 0 bridgehead atoms. The minimum atomic E-state index is 0.389. The van der Waals surface area contributed by atoms with E-state index in [2.05, 4.69) is 43.0 Å². The zero-order valence-corrected chi connectivity index (χ0v) is 12.6. The van der Waals surface area contributed by atoms with Crippen LogP contribution in [0.4, 0.5) is 5.95 Å². The number of aromatic nitrogens is 2. The van der Waals surface area contributed by atoms with E-state index in [-0.39, 0.29) is 0 Å². The van der Waals surface area contributed by atoms with Crippen LogP contribution >= 0.6 is 0 Å². The van der Waals surface area contributed by atoms with Crippen molar-refractivity contribution < 1.29 is 4.74 Å². The van der Waals surface area contributed by atoms with Crippen molar-refractivity contribution in [1.82, 2.24) is 9.97 Å². The Morgan fingerprint density at radius 1 is 1.26 bits per heavy atom. The molecule has 1 aromatic heterocycles. The topological polar surface area (TPSA) is 47.0 Å². The van der Waals surface area contributed by atoms with Gasteiger partial charge in [0.25, 0.3) is 0 Å². The number of hydrogen-bond donors (Lipinski definition) is 1. The Labute approximate surface area is 117 Å². The molecule has 1 rings (SSSR count). The summed E-state index contributed by atoms with van der Waals surface area (Å²) in [7, 11) is 0. The van der Waals surface area contributed by atoms with Crippen LogP contribution in [0, 0.1) is 5.92 Å². The predicted octanol–water partition coefficient (Wildman–Crippen LogP) is 3.89. The third-order valence-corrected chi connectivity index (χ3v) is 2.88. The first-order valence-electron chi connectivity index (χ1n) is 7.34. The molecule has 0 fully saturated rings. The van der Waals surface area contributed by atoms with Gasteiger partial charge in [-0.25, -0.2) is 4.98 Å². The highest BCUT2D eigenvalue weighted by Crippen LogP contribution is 2.13. The van der Waals surface area contributed by atoms with Gasteiger partial charge in [-0.05, 0) is 25.7 Å². The van der Waals surface area contributed by atoms with Gasteiger partial charge in [0.1, 0.15) is 0 Å². The second kappa shape index (κ2) is 8.73. The molecule has 0 aliphatic rings. The molecule has 0 aliphatic heterocycles. The molecule has 4 nitrogen and oxygen atoms in total. The Morgan fingerprint density at radius 3 is 2.74 bits per heavy atom. The van der Waals surface area contributed by atoms with Crippen molar-refractivity contribution in [2.45, 2.75) is 59.4 Å². The monoisotopic (exact) mass is 265 g/mol. The predicted molar refractivity (Wildman–Crippen MR) is 79.6 cm³/mol. The molecule has 0 aromatic carbocycles. The van der Waals surface area contributed by atoms with Gasteiger partial charge < -0.3 is 10.1 Å². The summed E-state index contributed by atoms with van der Waals surface area (Å²) in [4.78, 5) is 8.58. The highest BCUT2D eigenvalue weighted by atomic mass is 16.5. The van der Waals surface area contributed by atoms with Crippen LogP contribution in [0.3, 0.4) is 0 Å². The van der Waals surface area contributed by atoms with Gasteiger partial charge in [-0.3, -0.25) is 0 Å². The van der Waals surface area contributed by atoms with Crippen molar-refractivity contribution in [3.63, 3.8) is 0 Å². The minimum absolute atomic E-state index is 0.389. The maximum absolute atomic E-state index is 5.50. The fourth-order valence-electron chi connectivity index (χ4n) is 1.82. The van der Waals surface area contributed by atoms with E-state index in [1.165, 1.54) is 12.8 Å². The normalized spacial score (nSPS) is 12.5. The fourth-order valence-corrected chi connectivity index (χ4v) is 1.82. The van der Waals surface area contributed by atoms with Gasteiger partial charge in [0.15, 0.2) is 0 Å². The first-order valence-corrected chi connectivity index (χ1v) is 7.34. The van der Waals surface area contributed by atoms with Gasteiger partial charge in [0.05, 0.1) is 6.61 Å². The Hall–Kier alpha value is -1.32. The first-order chi connectivity index (χ1) is 9.11. The van der Waals surface area contributed by atoms with E-state index in [1.54, 1.807) is 12.3 Å². The molecule has 1 unspecified atom stereocenters. The zero-order valence-electron chi connectivity index (χ0n) is 12.6. The number of nitrogens with zero attached hydrogens (tertiary/aromatic N) is 2. The quantitative estimate of drug-likeness (QED) is 0.735. The third-order valence-electron chi connectivity index (χ3n) is 2.88. The Bertz CT molecular complexity index is 355. The van der Waals surface area contributed by atoms with E-state index in [0.717, 1.165) is 18.8 Å². The van der Waals surface area contributed by atoms with Crippen molar-refractivity contribution in [2.75, 3.05) is 11.9 Å². The standard InChI is InChI=1S/C15H27N3O/c1-5-11-19-14-9-10-16-15(18-14)17-13(4)8-6-7-12(2)3/h9-10,12-13H,5-8,11H2,1-4H3,(H,16,17,18). The van der Waals surface area contributed by atoms with Crippen LogP contribution in [-0.4, -0.2) is 22.6 Å². The summed E-state index contributed by atoms with van der Waals surface area (Å²) in [6.45, 7) is 9.46. The molecule has 0 saturated carbocycles. The van der Waals surface area contributed by atoms with E-state index >= 15 is 0 Å². The van der Waals surface area contributed by atoms with E-state index < -0.39 is 0 Å². The van der Waals surface area contributed by atoms with Crippen molar-refractivity contribution in [1.29, 1.82) is 0 Å². The highest BCUT2D eigenvalue weighted by Gasteiger charge is 2.06. The van der Waals surface area contributed by atoms with Crippen LogP contribution < -0.4 is 10.1 Å². The summed E-state index contributed by atoms with van der Waals surface area (Å²) < 4.78 is 5.50. The molecule has 0 amide bonds. The molecule has 1 heterocycles. The first kappa shape index (κ1) is 15.7. The van der Waals surface area contributed by atoms with Crippen molar-refractivity contribution >= 4 is 5.95 Å². The zero-order chi connectivity index (χ0) is 14.1. The number of nitrogens with one attached hydrogen (secondary N) is 1. The highest BCUT2D eigenvalue weighted by molar-refractivity contribution is 5.28. The number of rotatable bonds is 9. The average Bonchev–Trinajstić information content (AvgIpc) is 2.36. The minimum Gasteiger partial charge on any atom is -0.478 e. The lowest BCUT2D eigenvalue weighted by Crippen LogP contribution is -2.17. The van der Waals surface area contributed by atoms with Crippen molar-refractivity contribution in [3.05, 3.63) is 12.3 Å². The van der Waals surface area contributed by atoms with E-state index in [1.807, 2.05) is 0 Å². The summed E-state index contributed by atoms with van der Waals surface area (Å²) in [5, 5.41) is 3.33. The number of anilines is 1. The third kappa shape index (κ3) is 6.99. The summed E-state index contributed by atoms with van der Waals surface area (Å²) in [5.74, 6) is 2.08. The molecule has 0 aliphatic carbocycles. The van der Waals surface area contributed by atoms with Crippen LogP contribution in [0.1, 0.15) is 53.4 Å². The molecule has 1 N–H and O–H groups in total. The van der Waals surface area contributed by atoms with Crippen LogP contribution in [0.2, 0.25) is 0 Å². The molecular weight excluding hydrogens is 238 g/mol. The number of ether oxygens (including phenoxy) is 1. The van der Waals surface area contributed by atoms with Gasteiger partial charge in [0.2, 0.25) is 11.8 Å². The summed E-state index contributed by atoms with van der Waals surface area (Å²) in [5.41, 5.74) is 0. The molecule has 1 aromatic rings. The van der Waals surface area contributed by atoms with E-state index in [4.69, 9.17) is 4.74 Å². The maximum Gasteiger partial charge on any atom is 0.226 e. The smallest absolute Gasteiger partial charge is 0.226 e. The molecule has 0 saturated heterocycles. The summed E-state index contributed by atoms with van der Waals surface area (Å²) >= 11 is 0. The maximum atomic E-state index is 5.50. The lowest BCUT2D eigenvalue weighted by Gasteiger charge is -2.14. The second-order valence-corrected chi connectivity index (χ2v) is 5.44. The SMILES string of the molecule is CCCOc1ccnc(NC(C)CCCC(C)C)n1. The van der Waals surface area contributed by atoms with Crippen molar-refractivity contribution in [3.8, 4) is 5.88 Å². The lowest BCUT2D eigenvalue weighted by atomic mass is 10.0. The van der Waals surface area contributed by atoms with Crippen LogP contribution in [-0.2, 0) is 0 Å². The van der Waals surface area contributed by atoms with E-state index in [0.29, 0.717) is 24.5 Å². The molecule has 108 valence electrons. The van der Waals surface area contributed by atoms with Gasteiger partial charge in [-0.1, -0.05) is 33.6 Å². The van der Waals surface area contributed by atoms with Crippen molar-refractivity contribution in [2.24, 2.45) is 5.92 Å². The average molecular weight is 265 g/mol. The van der Waals surface area contributed by atoms with Crippen LogP contribution in [0.5, 0.6) is 5.88 Å². The Kier molecular flexibility index (Phi) is 7.23. The fraction of sp³-hybridized carbons (Fsp3) is 0.733. The molecule has 1 atom stereocenters. The molecule has 19 heavy (non-hydrogen) atoms. The molecule has 4 heteroatoms. The molecule has 0 spiro atoms. The Morgan fingerprint density at radius 2 is 2.05 bits per heavy atom. The van der Waals surface area contributed by atoms with Gasteiger partial charge in [-0.2, -0.15) is 4.98 Å². The number of hydrogen-bond acceptors (Lipinski definition) is 4. The second-order valence-electron chi connectivity index (χ2n) is 5.44. The Balaban J connectivity index is 2.38. The molecule has 0 radical (unpaired) electrons. The largest absolute Gasteiger partial charge is 0.478 e. The van der Waals surface area contributed by atoms with Crippen LogP contribution in [0.25, 0.3) is 0 Å². The van der Waals surface area contributed by atoms with Crippen LogP contribution in [0.15, 0.2) is 12.3 Å². The van der Waals surface area contributed by atoms with E-state index in [9.17, 15) is 0 Å². The van der Waals surface area contributed by atoms with Gasteiger partial charge >= 0.3 is 0 Å².